The lowest BCUT2D eigenvalue weighted by Crippen LogP contribution is -2.20. The third-order valence-corrected chi connectivity index (χ3v) is 3.13. The van der Waals surface area contributed by atoms with E-state index in [4.69, 9.17) is 4.74 Å². The number of para-hydroxylation sites is 1. The largest absolute Gasteiger partial charge is 0.493 e. The van der Waals surface area contributed by atoms with Crippen LogP contribution in [-0.4, -0.2) is 25.1 Å². The van der Waals surface area contributed by atoms with Crippen LogP contribution in [0.15, 0.2) is 54.6 Å². The summed E-state index contributed by atoms with van der Waals surface area (Å²) in [6.45, 7) is 1.39. The number of ether oxygens (including phenoxy) is 1. The minimum Gasteiger partial charge on any atom is -0.493 e. The molecule has 0 radical (unpaired) electrons. The molecule has 0 aliphatic rings. The first-order valence-corrected chi connectivity index (χ1v) is 6.80. The SMILES string of the molecule is CN(CCCOc1cccc([N+](=O)[O-])c1)c1ccccc1. The molecule has 0 amide bonds. The van der Waals surface area contributed by atoms with Gasteiger partial charge in [0.15, 0.2) is 0 Å². The molecule has 0 atom stereocenters. The molecule has 2 aromatic carbocycles. The molecule has 0 aliphatic heterocycles. The third-order valence-electron chi connectivity index (χ3n) is 3.13. The summed E-state index contributed by atoms with van der Waals surface area (Å²) in [4.78, 5) is 12.4. The molecule has 0 bridgehead atoms. The van der Waals surface area contributed by atoms with Gasteiger partial charge in [-0.05, 0) is 24.6 Å². The highest BCUT2D eigenvalue weighted by atomic mass is 16.6. The molecule has 0 fully saturated rings. The molecular weight excluding hydrogens is 268 g/mol. The molecule has 21 heavy (non-hydrogen) atoms. The molecule has 5 heteroatoms. The molecule has 2 rings (SSSR count). The zero-order valence-corrected chi connectivity index (χ0v) is 11.9. The van der Waals surface area contributed by atoms with Gasteiger partial charge in [0, 0.05) is 25.3 Å². The van der Waals surface area contributed by atoms with Crippen LogP contribution in [0.5, 0.6) is 5.75 Å². The molecule has 0 unspecified atom stereocenters. The van der Waals surface area contributed by atoms with E-state index in [0.29, 0.717) is 12.4 Å². The molecule has 2 aromatic rings. The number of nitro groups is 1. The number of benzene rings is 2. The fourth-order valence-corrected chi connectivity index (χ4v) is 1.99. The van der Waals surface area contributed by atoms with E-state index in [2.05, 4.69) is 17.0 Å². The molecule has 5 nitrogen and oxygen atoms in total. The van der Waals surface area contributed by atoms with E-state index in [1.807, 2.05) is 25.2 Å². The summed E-state index contributed by atoms with van der Waals surface area (Å²) in [7, 11) is 2.03. The molecule has 0 N–H and O–H groups in total. The summed E-state index contributed by atoms with van der Waals surface area (Å²) in [5.74, 6) is 0.534. The Balaban J connectivity index is 1.77. The van der Waals surface area contributed by atoms with Gasteiger partial charge in [0.1, 0.15) is 5.75 Å². The third kappa shape index (κ3) is 4.49. The topological polar surface area (TPSA) is 55.6 Å². The molecule has 110 valence electrons. The van der Waals surface area contributed by atoms with E-state index >= 15 is 0 Å². The molecule has 0 aliphatic carbocycles. The summed E-state index contributed by atoms with van der Waals surface area (Å²) in [6, 6.07) is 16.4. The second-order valence-electron chi connectivity index (χ2n) is 4.71. The number of non-ortho nitro benzene ring substituents is 1. The van der Waals surface area contributed by atoms with Crippen LogP contribution in [0.3, 0.4) is 0 Å². The fraction of sp³-hybridized carbons (Fsp3) is 0.250. The van der Waals surface area contributed by atoms with Crippen molar-refractivity contribution in [2.24, 2.45) is 0 Å². The summed E-state index contributed by atoms with van der Waals surface area (Å²) in [5, 5.41) is 10.7. The van der Waals surface area contributed by atoms with Gasteiger partial charge in [-0.1, -0.05) is 24.3 Å². The van der Waals surface area contributed by atoms with E-state index in [1.54, 1.807) is 12.1 Å². The highest BCUT2D eigenvalue weighted by Gasteiger charge is 2.06. The van der Waals surface area contributed by atoms with Crippen molar-refractivity contribution < 1.29 is 9.66 Å². The van der Waals surface area contributed by atoms with Crippen LogP contribution in [0.4, 0.5) is 11.4 Å². The van der Waals surface area contributed by atoms with E-state index < -0.39 is 4.92 Å². The standard InChI is InChI=1S/C16H18N2O3/c1-17(14-7-3-2-4-8-14)11-6-12-21-16-10-5-9-15(13-16)18(19)20/h2-5,7-10,13H,6,11-12H2,1H3. The Morgan fingerprint density at radius 3 is 2.62 bits per heavy atom. The Kier molecular flexibility index (Phi) is 5.15. The lowest BCUT2D eigenvalue weighted by atomic mass is 10.3. The zero-order chi connectivity index (χ0) is 15.1. The van der Waals surface area contributed by atoms with Crippen molar-refractivity contribution in [1.82, 2.24) is 0 Å². The molecule has 0 spiro atoms. The summed E-state index contributed by atoms with van der Waals surface area (Å²) >= 11 is 0. The molecule has 0 saturated heterocycles. The van der Waals surface area contributed by atoms with Gasteiger partial charge in [0.2, 0.25) is 0 Å². The average molecular weight is 286 g/mol. The number of rotatable bonds is 7. The smallest absolute Gasteiger partial charge is 0.273 e. The van der Waals surface area contributed by atoms with E-state index in [1.165, 1.54) is 12.1 Å². The maximum Gasteiger partial charge on any atom is 0.273 e. The first-order valence-electron chi connectivity index (χ1n) is 6.80. The number of hydrogen-bond acceptors (Lipinski definition) is 4. The average Bonchev–Trinajstić information content (AvgIpc) is 2.52. The molecular formula is C16H18N2O3. The lowest BCUT2D eigenvalue weighted by Gasteiger charge is -2.19. The van der Waals surface area contributed by atoms with Gasteiger partial charge < -0.3 is 9.64 Å². The Morgan fingerprint density at radius 1 is 1.14 bits per heavy atom. The second-order valence-corrected chi connectivity index (χ2v) is 4.71. The Bertz CT molecular complexity index is 587. The van der Waals surface area contributed by atoms with Crippen molar-refractivity contribution in [2.75, 3.05) is 25.1 Å². The van der Waals surface area contributed by atoms with Crippen LogP contribution in [0.2, 0.25) is 0 Å². The van der Waals surface area contributed by atoms with Crippen molar-refractivity contribution in [2.45, 2.75) is 6.42 Å². The normalized spacial score (nSPS) is 10.1. The minimum absolute atomic E-state index is 0.0499. The maximum atomic E-state index is 10.7. The maximum absolute atomic E-state index is 10.7. The highest BCUT2D eigenvalue weighted by molar-refractivity contribution is 5.44. The van der Waals surface area contributed by atoms with E-state index in [0.717, 1.165) is 18.7 Å². The van der Waals surface area contributed by atoms with Gasteiger partial charge >= 0.3 is 0 Å². The lowest BCUT2D eigenvalue weighted by molar-refractivity contribution is -0.384. The van der Waals surface area contributed by atoms with E-state index in [-0.39, 0.29) is 5.69 Å². The van der Waals surface area contributed by atoms with Crippen LogP contribution in [0, 0.1) is 10.1 Å². The van der Waals surface area contributed by atoms with Gasteiger partial charge in [-0.25, -0.2) is 0 Å². The quantitative estimate of drug-likeness (QED) is 0.444. The van der Waals surface area contributed by atoms with Gasteiger partial charge in [0.25, 0.3) is 5.69 Å². The van der Waals surface area contributed by atoms with Crippen molar-refractivity contribution >= 4 is 11.4 Å². The van der Waals surface area contributed by atoms with Gasteiger partial charge in [-0.2, -0.15) is 0 Å². The number of nitrogens with zero attached hydrogens (tertiary/aromatic N) is 2. The first-order chi connectivity index (χ1) is 10.2. The van der Waals surface area contributed by atoms with Crippen LogP contribution in [0.1, 0.15) is 6.42 Å². The fourth-order valence-electron chi connectivity index (χ4n) is 1.99. The summed E-state index contributed by atoms with van der Waals surface area (Å²) in [5.41, 5.74) is 1.21. The van der Waals surface area contributed by atoms with Crippen molar-refractivity contribution in [3.05, 3.63) is 64.7 Å². The van der Waals surface area contributed by atoms with Crippen molar-refractivity contribution in [1.29, 1.82) is 0 Å². The van der Waals surface area contributed by atoms with Crippen LogP contribution < -0.4 is 9.64 Å². The van der Waals surface area contributed by atoms with Gasteiger partial charge in [0.05, 0.1) is 17.6 Å². The zero-order valence-electron chi connectivity index (χ0n) is 11.9. The molecule has 0 aromatic heterocycles. The summed E-state index contributed by atoms with van der Waals surface area (Å²) in [6.07, 6.45) is 0.841. The Hall–Kier alpha value is -2.56. The van der Waals surface area contributed by atoms with Crippen LogP contribution in [-0.2, 0) is 0 Å². The summed E-state index contributed by atoms with van der Waals surface area (Å²) < 4.78 is 5.55. The predicted molar refractivity (Wildman–Crippen MR) is 82.9 cm³/mol. The van der Waals surface area contributed by atoms with Crippen molar-refractivity contribution in [3.8, 4) is 5.75 Å². The number of nitro benzene ring substituents is 1. The Morgan fingerprint density at radius 2 is 1.90 bits per heavy atom. The second kappa shape index (κ2) is 7.28. The predicted octanol–water partition coefficient (Wildman–Crippen LogP) is 3.50. The number of hydrogen-bond donors (Lipinski definition) is 0. The molecule has 0 heterocycles. The number of anilines is 1. The minimum atomic E-state index is -0.421. The van der Waals surface area contributed by atoms with Crippen molar-refractivity contribution in [3.63, 3.8) is 0 Å². The van der Waals surface area contributed by atoms with Crippen LogP contribution >= 0.6 is 0 Å². The van der Waals surface area contributed by atoms with Gasteiger partial charge in [-0.3, -0.25) is 10.1 Å². The Labute approximate surface area is 123 Å². The van der Waals surface area contributed by atoms with E-state index in [9.17, 15) is 10.1 Å². The first kappa shape index (κ1) is 14.8. The monoisotopic (exact) mass is 286 g/mol. The highest BCUT2D eigenvalue weighted by Crippen LogP contribution is 2.19. The van der Waals surface area contributed by atoms with Crippen LogP contribution in [0.25, 0.3) is 0 Å². The van der Waals surface area contributed by atoms with Gasteiger partial charge in [-0.15, -0.1) is 0 Å². The molecule has 0 saturated carbocycles.